The molecule has 0 aromatic heterocycles. The Hall–Kier alpha value is -0.280. The number of nitrogens with one attached hydrogen (secondary N) is 1. The Morgan fingerprint density at radius 1 is 1.06 bits per heavy atom. The molecule has 3 saturated carbocycles. The van der Waals surface area contributed by atoms with Gasteiger partial charge in [-0.15, -0.1) is 12.4 Å². The van der Waals surface area contributed by atoms with Gasteiger partial charge in [-0.25, -0.2) is 0 Å². The monoisotopic (exact) mass is 258 g/mol. The van der Waals surface area contributed by atoms with Crippen molar-refractivity contribution in [1.82, 2.24) is 5.32 Å². The predicted octanol–water partition coefficient (Wildman–Crippen LogP) is 1.70. The van der Waals surface area contributed by atoms with E-state index in [0.29, 0.717) is 36.1 Å². The van der Waals surface area contributed by atoms with Gasteiger partial charge in [0.2, 0.25) is 5.91 Å². The largest absolute Gasteiger partial charge is 0.354 e. The maximum absolute atomic E-state index is 12.1. The molecule has 17 heavy (non-hydrogen) atoms. The number of hydrogen-bond acceptors (Lipinski definition) is 2. The van der Waals surface area contributed by atoms with Crippen LogP contribution in [0.2, 0.25) is 0 Å². The molecule has 4 heteroatoms. The molecule has 3 rings (SSSR count). The second-order valence-corrected chi connectivity index (χ2v) is 5.95. The molecule has 0 aromatic carbocycles. The van der Waals surface area contributed by atoms with E-state index in [0.717, 1.165) is 0 Å². The van der Waals surface area contributed by atoms with E-state index in [4.69, 9.17) is 5.73 Å². The smallest absolute Gasteiger partial charge is 0.223 e. The van der Waals surface area contributed by atoms with E-state index < -0.39 is 0 Å². The van der Waals surface area contributed by atoms with Crippen molar-refractivity contribution in [2.45, 2.75) is 44.6 Å². The van der Waals surface area contributed by atoms with E-state index in [1.165, 1.54) is 38.5 Å². The molecule has 1 amide bonds. The molecule has 0 bridgehead atoms. The molecule has 98 valence electrons. The number of carbonyl (C=O) groups is 1. The highest BCUT2D eigenvalue weighted by molar-refractivity contribution is 5.85. The molecule has 1 atom stereocenters. The lowest BCUT2D eigenvalue weighted by atomic mass is 9.97. The lowest BCUT2D eigenvalue weighted by molar-refractivity contribution is -0.126. The second-order valence-electron chi connectivity index (χ2n) is 5.95. The van der Waals surface area contributed by atoms with Crippen LogP contribution in [0.25, 0.3) is 0 Å². The van der Waals surface area contributed by atoms with E-state index in [1.54, 1.807) is 0 Å². The fourth-order valence-corrected chi connectivity index (χ4v) is 2.75. The first-order valence-corrected chi connectivity index (χ1v) is 6.79. The van der Waals surface area contributed by atoms with E-state index in [2.05, 4.69) is 5.32 Å². The Kier molecular flexibility index (Phi) is 3.99. The van der Waals surface area contributed by atoms with E-state index in [1.807, 2.05) is 0 Å². The van der Waals surface area contributed by atoms with Gasteiger partial charge >= 0.3 is 0 Å². The summed E-state index contributed by atoms with van der Waals surface area (Å²) in [5.41, 5.74) is 6.00. The number of nitrogens with two attached hydrogens (primary N) is 1. The quantitative estimate of drug-likeness (QED) is 0.762. The highest BCUT2D eigenvalue weighted by Crippen LogP contribution is 2.49. The summed E-state index contributed by atoms with van der Waals surface area (Å²) < 4.78 is 0. The fourth-order valence-electron chi connectivity index (χ4n) is 2.75. The van der Waals surface area contributed by atoms with Crippen LogP contribution in [0.15, 0.2) is 0 Å². The van der Waals surface area contributed by atoms with Gasteiger partial charge in [0, 0.05) is 18.5 Å². The molecular weight excluding hydrogens is 236 g/mol. The zero-order valence-electron chi connectivity index (χ0n) is 10.2. The molecule has 0 aliphatic heterocycles. The highest BCUT2D eigenvalue weighted by atomic mass is 35.5. The molecular formula is C13H23ClN2O. The first-order chi connectivity index (χ1) is 7.75. The zero-order valence-corrected chi connectivity index (χ0v) is 11.0. The maximum Gasteiger partial charge on any atom is 0.223 e. The van der Waals surface area contributed by atoms with Gasteiger partial charge in [-0.1, -0.05) is 0 Å². The third-order valence-corrected chi connectivity index (χ3v) is 4.30. The van der Waals surface area contributed by atoms with Crippen LogP contribution in [0.4, 0.5) is 0 Å². The Bertz CT molecular complexity index is 273. The van der Waals surface area contributed by atoms with Gasteiger partial charge in [0.25, 0.3) is 0 Å². The van der Waals surface area contributed by atoms with Crippen LogP contribution in [-0.4, -0.2) is 18.5 Å². The van der Waals surface area contributed by atoms with Crippen molar-refractivity contribution in [1.29, 1.82) is 0 Å². The summed E-state index contributed by atoms with van der Waals surface area (Å²) in [5, 5.41) is 3.08. The van der Waals surface area contributed by atoms with Gasteiger partial charge < -0.3 is 11.1 Å². The van der Waals surface area contributed by atoms with Crippen LogP contribution in [0, 0.1) is 23.7 Å². The molecule has 3 aliphatic rings. The Labute approximate surface area is 109 Å². The lowest BCUT2D eigenvalue weighted by Gasteiger charge is -2.17. The van der Waals surface area contributed by atoms with Gasteiger partial charge in [0.1, 0.15) is 0 Å². The van der Waals surface area contributed by atoms with E-state index in [-0.39, 0.29) is 18.4 Å². The van der Waals surface area contributed by atoms with Crippen LogP contribution in [0.1, 0.15) is 38.5 Å². The molecule has 3 fully saturated rings. The van der Waals surface area contributed by atoms with Crippen LogP contribution in [0.3, 0.4) is 0 Å². The van der Waals surface area contributed by atoms with Crippen molar-refractivity contribution in [3.8, 4) is 0 Å². The molecule has 1 unspecified atom stereocenters. The minimum Gasteiger partial charge on any atom is -0.354 e. The van der Waals surface area contributed by atoms with Crippen molar-refractivity contribution in [3.05, 3.63) is 0 Å². The number of halogens is 1. The number of carbonyl (C=O) groups excluding carboxylic acids is 1. The first kappa shape index (κ1) is 13.2. The maximum atomic E-state index is 12.1. The van der Waals surface area contributed by atoms with Crippen LogP contribution < -0.4 is 11.1 Å². The third kappa shape index (κ3) is 3.35. The minimum absolute atomic E-state index is 0. The lowest BCUT2D eigenvalue weighted by Crippen LogP contribution is -2.42. The van der Waals surface area contributed by atoms with Crippen LogP contribution in [0.5, 0.6) is 0 Å². The van der Waals surface area contributed by atoms with Crippen LogP contribution >= 0.6 is 12.4 Å². The summed E-state index contributed by atoms with van der Waals surface area (Å²) >= 11 is 0. The molecule has 0 aromatic rings. The van der Waals surface area contributed by atoms with Crippen molar-refractivity contribution < 1.29 is 4.79 Å². The van der Waals surface area contributed by atoms with Crippen molar-refractivity contribution in [2.24, 2.45) is 29.4 Å². The summed E-state index contributed by atoms with van der Waals surface area (Å²) in [6.45, 7) is 0.694. The Morgan fingerprint density at radius 3 is 1.94 bits per heavy atom. The molecule has 3 N–H and O–H groups in total. The molecule has 0 radical (unpaired) electrons. The standard InChI is InChI=1S/C13H22N2O.ClH/c14-11(8-1-2-8)7-15-13(16)12(9-3-4-9)10-5-6-10;/h8-12H,1-7,14H2,(H,15,16);1H. The van der Waals surface area contributed by atoms with Gasteiger partial charge in [-0.3, -0.25) is 4.79 Å². The summed E-state index contributed by atoms with van der Waals surface area (Å²) in [6, 6.07) is 0.197. The average molecular weight is 259 g/mol. The highest BCUT2D eigenvalue weighted by Gasteiger charge is 2.45. The van der Waals surface area contributed by atoms with E-state index >= 15 is 0 Å². The number of rotatable bonds is 6. The summed E-state index contributed by atoms with van der Waals surface area (Å²) in [7, 11) is 0. The fraction of sp³-hybridized carbons (Fsp3) is 0.923. The molecule has 3 nitrogen and oxygen atoms in total. The normalized spacial score (nSPS) is 25.3. The van der Waals surface area contributed by atoms with Gasteiger partial charge in [-0.05, 0) is 56.3 Å². The Morgan fingerprint density at radius 2 is 1.53 bits per heavy atom. The van der Waals surface area contributed by atoms with Crippen molar-refractivity contribution in [3.63, 3.8) is 0 Å². The Balaban J connectivity index is 0.00000108. The molecule has 0 spiro atoms. The van der Waals surface area contributed by atoms with Crippen molar-refractivity contribution in [2.75, 3.05) is 6.54 Å². The summed E-state index contributed by atoms with van der Waals surface area (Å²) in [6.07, 6.45) is 7.58. The van der Waals surface area contributed by atoms with Gasteiger partial charge in [0.15, 0.2) is 0 Å². The third-order valence-electron chi connectivity index (χ3n) is 4.30. The SMILES string of the molecule is Cl.NC(CNC(=O)C(C1CC1)C1CC1)C1CC1. The summed E-state index contributed by atoms with van der Waals surface area (Å²) in [4.78, 5) is 12.1. The summed E-state index contributed by atoms with van der Waals surface area (Å²) in [5.74, 6) is 2.70. The zero-order chi connectivity index (χ0) is 11.1. The van der Waals surface area contributed by atoms with Gasteiger partial charge in [0.05, 0.1) is 0 Å². The van der Waals surface area contributed by atoms with Crippen LogP contribution in [-0.2, 0) is 4.79 Å². The van der Waals surface area contributed by atoms with Crippen molar-refractivity contribution >= 4 is 18.3 Å². The minimum atomic E-state index is 0. The predicted molar refractivity (Wildman–Crippen MR) is 69.9 cm³/mol. The van der Waals surface area contributed by atoms with E-state index in [9.17, 15) is 4.79 Å². The molecule has 0 saturated heterocycles. The topological polar surface area (TPSA) is 55.1 Å². The average Bonchev–Trinajstić information content (AvgIpc) is 3.15. The van der Waals surface area contributed by atoms with Gasteiger partial charge in [-0.2, -0.15) is 0 Å². The molecule has 0 heterocycles. The first-order valence-electron chi connectivity index (χ1n) is 6.79. The number of amides is 1. The number of hydrogen-bond donors (Lipinski definition) is 2. The second kappa shape index (κ2) is 5.15. The molecule has 3 aliphatic carbocycles.